The number of ether oxygens (including phenoxy) is 1. The Balaban J connectivity index is 1.78. The maximum Gasteiger partial charge on any atom is 0.241 e. The van der Waals surface area contributed by atoms with Crippen LogP contribution in [0.15, 0.2) is 18.3 Å². The zero-order valence-electron chi connectivity index (χ0n) is 13.7. The van der Waals surface area contributed by atoms with E-state index in [1.165, 1.54) is 6.20 Å². The molecular weight excluding hydrogens is 294 g/mol. The van der Waals surface area contributed by atoms with E-state index in [2.05, 4.69) is 9.88 Å². The smallest absolute Gasteiger partial charge is 0.241 e. The van der Waals surface area contributed by atoms with Gasteiger partial charge in [0.15, 0.2) is 0 Å². The number of likely N-dealkylation sites (N-methyl/N-ethyl adjacent to an activating group) is 2. The van der Waals surface area contributed by atoms with Crippen molar-refractivity contribution in [1.29, 1.82) is 5.26 Å². The van der Waals surface area contributed by atoms with E-state index in [1.54, 1.807) is 21.9 Å². The first-order valence-electron chi connectivity index (χ1n) is 7.71. The molecule has 1 aliphatic heterocycles. The van der Waals surface area contributed by atoms with Crippen molar-refractivity contribution in [3.63, 3.8) is 0 Å². The number of nitriles is 1. The zero-order chi connectivity index (χ0) is 16.7. The molecule has 1 aromatic rings. The van der Waals surface area contributed by atoms with E-state index in [0.29, 0.717) is 17.9 Å². The van der Waals surface area contributed by atoms with Crippen molar-refractivity contribution in [3.05, 3.63) is 23.9 Å². The van der Waals surface area contributed by atoms with Gasteiger partial charge >= 0.3 is 0 Å². The number of pyridine rings is 1. The second kappa shape index (κ2) is 8.46. The Morgan fingerprint density at radius 2 is 2.13 bits per heavy atom. The zero-order valence-corrected chi connectivity index (χ0v) is 13.7. The lowest BCUT2D eigenvalue weighted by molar-refractivity contribution is -0.128. The van der Waals surface area contributed by atoms with Crippen LogP contribution in [0.25, 0.3) is 0 Å². The third-order valence-corrected chi connectivity index (χ3v) is 3.92. The summed E-state index contributed by atoms with van der Waals surface area (Å²) in [6.45, 7) is 5.22. The molecular formula is C16H23N5O2. The molecule has 2 rings (SSSR count). The number of amides is 1. The van der Waals surface area contributed by atoms with Gasteiger partial charge in [0.2, 0.25) is 5.91 Å². The number of carbonyl (C=O) groups excluding carboxylic acids is 1. The van der Waals surface area contributed by atoms with Crippen LogP contribution in [0, 0.1) is 11.3 Å². The van der Waals surface area contributed by atoms with E-state index in [1.807, 2.05) is 20.2 Å². The van der Waals surface area contributed by atoms with E-state index < -0.39 is 0 Å². The lowest BCUT2D eigenvalue weighted by atomic mass is 10.3. The minimum atomic E-state index is 0.0481. The highest BCUT2D eigenvalue weighted by Crippen LogP contribution is 2.09. The van der Waals surface area contributed by atoms with Gasteiger partial charge in [0.25, 0.3) is 0 Å². The highest BCUT2D eigenvalue weighted by atomic mass is 16.5. The summed E-state index contributed by atoms with van der Waals surface area (Å²) in [6.07, 6.45) is 1.51. The number of rotatable bonds is 6. The van der Waals surface area contributed by atoms with Crippen LogP contribution in [0.2, 0.25) is 0 Å². The molecule has 1 saturated heterocycles. The first-order chi connectivity index (χ1) is 11.1. The first-order valence-corrected chi connectivity index (χ1v) is 7.71. The van der Waals surface area contributed by atoms with Crippen molar-refractivity contribution in [2.24, 2.45) is 0 Å². The van der Waals surface area contributed by atoms with Gasteiger partial charge in [-0.2, -0.15) is 5.26 Å². The number of morpholine rings is 1. The second-order valence-electron chi connectivity index (χ2n) is 5.64. The van der Waals surface area contributed by atoms with Gasteiger partial charge in [-0.15, -0.1) is 0 Å². The van der Waals surface area contributed by atoms with Crippen LogP contribution in [-0.4, -0.2) is 80.7 Å². The summed E-state index contributed by atoms with van der Waals surface area (Å²) >= 11 is 0. The van der Waals surface area contributed by atoms with Gasteiger partial charge in [-0.1, -0.05) is 0 Å². The normalized spacial score (nSPS) is 15.0. The fraction of sp³-hybridized carbons (Fsp3) is 0.562. The minimum absolute atomic E-state index is 0.0481. The van der Waals surface area contributed by atoms with Gasteiger partial charge in [0, 0.05) is 46.5 Å². The van der Waals surface area contributed by atoms with Crippen molar-refractivity contribution in [1.82, 2.24) is 14.8 Å². The van der Waals surface area contributed by atoms with Crippen molar-refractivity contribution in [3.8, 4) is 6.07 Å². The van der Waals surface area contributed by atoms with Gasteiger partial charge in [0.1, 0.15) is 11.9 Å². The van der Waals surface area contributed by atoms with Crippen LogP contribution in [0.1, 0.15) is 5.56 Å². The molecule has 0 aliphatic carbocycles. The molecule has 0 aromatic carbocycles. The van der Waals surface area contributed by atoms with Crippen LogP contribution in [0.3, 0.4) is 0 Å². The topological polar surface area (TPSA) is 72.7 Å². The first kappa shape index (κ1) is 17.2. The Hall–Kier alpha value is -2.17. The molecule has 7 nitrogen and oxygen atoms in total. The molecule has 0 bridgehead atoms. The van der Waals surface area contributed by atoms with E-state index in [4.69, 9.17) is 10.00 Å². The number of aromatic nitrogens is 1. The molecule has 0 spiro atoms. The molecule has 0 radical (unpaired) electrons. The Morgan fingerprint density at radius 3 is 2.74 bits per heavy atom. The van der Waals surface area contributed by atoms with Crippen LogP contribution in [0.5, 0.6) is 0 Å². The Morgan fingerprint density at radius 1 is 1.39 bits per heavy atom. The average Bonchev–Trinajstić information content (AvgIpc) is 2.60. The summed E-state index contributed by atoms with van der Waals surface area (Å²) in [6, 6.07) is 5.48. The molecule has 23 heavy (non-hydrogen) atoms. The van der Waals surface area contributed by atoms with Gasteiger partial charge in [-0.05, 0) is 12.1 Å². The van der Waals surface area contributed by atoms with Crippen LogP contribution in [-0.2, 0) is 9.53 Å². The lowest BCUT2D eigenvalue weighted by Crippen LogP contribution is -2.44. The number of anilines is 1. The van der Waals surface area contributed by atoms with E-state index in [0.717, 1.165) is 32.8 Å². The maximum absolute atomic E-state index is 12.3. The van der Waals surface area contributed by atoms with E-state index >= 15 is 0 Å². The van der Waals surface area contributed by atoms with Crippen LogP contribution >= 0.6 is 0 Å². The average molecular weight is 317 g/mol. The number of hydrogen-bond acceptors (Lipinski definition) is 6. The molecule has 1 aliphatic rings. The van der Waals surface area contributed by atoms with Crippen LogP contribution < -0.4 is 4.90 Å². The molecule has 7 heteroatoms. The van der Waals surface area contributed by atoms with Crippen molar-refractivity contribution >= 4 is 11.7 Å². The summed E-state index contributed by atoms with van der Waals surface area (Å²) in [7, 11) is 3.64. The summed E-state index contributed by atoms with van der Waals surface area (Å²) < 4.78 is 5.32. The molecule has 0 N–H and O–H groups in total. The molecule has 1 fully saturated rings. The number of carbonyl (C=O) groups is 1. The fourth-order valence-corrected chi connectivity index (χ4v) is 2.32. The summed E-state index contributed by atoms with van der Waals surface area (Å²) in [5.74, 6) is 0.728. The predicted octanol–water partition coefficient (Wildman–Crippen LogP) is 0.180. The Labute approximate surface area is 137 Å². The van der Waals surface area contributed by atoms with Gasteiger partial charge in [0.05, 0.1) is 25.3 Å². The molecule has 124 valence electrons. The molecule has 0 saturated carbocycles. The molecule has 2 heterocycles. The standard InChI is InChI=1S/C16H23N5O2/c1-19(5-6-21-7-9-23-10-8-21)16(22)13-20(2)15-4-3-14(11-17)12-18-15/h3-4,12H,5-10,13H2,1-2H3. The summed E-state index contributed by atoms with van der Waals surface area (Å²) in [5, 5.41) is 8.78. The third kappa shape index (κ3) is 5.20. The highest BCUT2D eigenvalue weighted by molar-refractivity contribution is 5.80. The molecule has 0 unspecified atom stereocenters. The highest BCUT2D eigenvalue weighted by Gasteiger charge is 2.15. The fourth-order valence-electron chi connectivity index (χ4n) is 2.32. The van der Waals surface area contributed by atoms with Crippen LogP contribution in [0.4, 0.5) is 5.82 Å². The SMILES string of the molecule is CN(CCN1CCOCC1)C(=O)CN(C)c1ccc(C#N)cn1. The monoisotopic (exact) mass is 317 g/mol. The number of nitrogens with zero attached hydrogens (tertiary/aromatic N) is 5. The van der Waals surface area contributed by atoms with Gasteiger partial charge < -0.3 is 14.5 Å². The Kier molecular flexibility index (Phi) is 6.32. The minimum Gasteiger partial charge on any atom is -0.379 e. The van der Waals surface area contributed by atoms with Gasteiger partial charge in [-0.3, -0.25) is 9.69 Å². The summed E-state index contributed by atoms with van der Waals surface area (Å²) in [5.41, 5.74) is 0.510. The maximum atomic E-state index is 12.3. The Bertz CT molecular complexity index is 549. The quantitative estimate of drug-likeness (QED) is 0.745. The van der Waals surface area contributed by atoms with Crippen molar-refractivity contribution < 1.29 is 9.53 Å². The lowest BCUT2D eigenvalue weighted by Gasteiger charge is -2.29. The largest absolute Gasteiger partial charge is 0.379 e. The van der Waals surface area contributed by atoms with Crippen molar-refractivity contribution in [2.75, 3.05) is 64.9 Å². The van der Waals surface area contributed by atoms with E-state index in [9.17, 15) is 4.79 Å². The molecule has 1 aromatic heterocycles. The number of hydrogen-bond donors (Lipinski definition) is 0. The molecule has 1 amide bonds. The third-order valence-electron chi connectivity index (χ3n) is 3.92. The predicted molar refractivity (Wildman–Crippen MR) is 87.1 cm³/mol. The van der Waals surface area contributed by atoms with Crippen molar-refractivity contribution in [2.45, 2.75) is 0 Å². The summed E-state index contributed by atoms with van der Waals surface area (Å²) in [4.78, 5) is 22.3. The second-order valence-corrected chi connectivity index (χ2v) is 5.64. The molecule has 0 atom stereocenters. The van der Waals surface area contributed by atoms with Gasteiger partial charge in [-0.25, -0.2) is 4.98 Å². The van der Waals surface area contributed by atoms with E-state index in [-0.39, 0.29) is 12.5 Å².